The number of hydrogen-bond donors (Lipinski definition) is 1. The van der Waals surface area contributed by atoms with Crippen LogP contribution in [0.3, 0.4) is 0 Å². The first-order valence-corrected chi connectivity index (χ1v) is 8.41. The van der Waals surface area contributed by atoms with Crippen molar-refractivity contribution in [3.63, 3.8) is 0 Å². The Morgan fingerprint density at radius 1 is 1.32 bits per heavy atom. The second-order valence-electron chi connectivity index (χ2n) is 3.98. The molecule has 0 aromatic heterocycles. The van der Waals surface area contributed by atoms with Crippen LogP contribution in [0.15, 0.2) is 22.7 Å². The molecule has 0 saturated heterocycles. The molecule has 0 spiro atoms. The van der Waals surface area contributed by atoms with E-state index in [1.54, 1.807) is 32.0 Å². The van der Waals surface area contributed by atoms with Gasteiger partial charge in [-0.25, -0.2) is 0 Å². The van der Waals surface area contributed by atoms with Crippen LogP contribution >= 0.6 is 23.5 Å². The van der Waals surface area contributed by atoms with Gasteiger partial charge in [0.25, 0.3) is 5.91 Å². The normalized spacial score (nSPS) is 18.3. The van der Waals surface area contributed by atoms with Crippen LogP contribution in [-0.4, -0.2) is 19.1 Å². The third-order valence-corrected chi connectivity index (χ3v) is 5.53. The molecule has 1 atom stereocenters. The molecular weight excluding hydrogens is 333 g/mol. The van der Waals surface area contributed by atoms with Crippen molar-refractivity contribution in [1.29, 1.82) is 0 Å². The maximum absolute atomic E-state index is 12.7. The molecule has 7 heteroatoms. The molecule has 1 aromatic rings. The second-order valence-corrected chi connectivity index (χ2v) is 7.01. The number of hydrogen-bond acceptors (Lipinski definition) is 4. The summed E-state index contributed by atoms with van der Waals surface area (Å²) in [4.78, 5) is 11.9. The average Bonchev–Trinajstić information content (AvgIpc) is 2.68. The van der Waals surface area contributed by atoms with Gasteiger partial charge < -0.3 is 14.4 Å². The summed E-state index contributed by atoms with van der Waals surface area (Å²) in [6.45, 7) is 4.00. The third kappa shape index (κ3) is 2.77. The van der Waals surface area contributed by atoms with E-state index >= 15 is 0 Å². The molecule has 0 bridgehead atoms. The Balaban J connectivity index is 2.43. The zero-order chi connectivity index (χ0) is 14.0. The molecule has 0 radical (unpaired) electrons. The fourth-order valence-corrected chi connectivity index (χ4v) is 4.33. The minimum absolute atomic E-state index is 0.259. The zero-order valence-corrected chi connectivity index (χ0v) is 13.2. The second kappa shape index (κ2) is 5.75. The first kappa shape index (κ1) is 14.7. The number of amides is 1. The Morgan fingerprint density at radius 3 is 2.53 bits per heavy atom. The fourth-order valence-electron chi connectivity index (χ4n) is 2.04. The van der Waals surface area contributed by atoms with Gasteiger partial charge in [0.1, 0.15) is 0 Å². The number of rotatable bonds is 5. The first-order chi connectivity index (χ1) is 9.01. The maximum atomic E-state index is 12.7. The topological polar surface area (TPSA) is 64.6 Å². The van der Waals surface area contributed by atoms with Crippen molar-refractivity contribution in [3.8, 4) is 0 Å². The lowest BCUT2D eigenvalue weighted by Gasteiger charge is -2.23. The van der Waals surface area contributed by atoms with E-state index in [1.807, 2.05) is 0 Å². The van der Waals surface area contributed by atoms with Crippen molar-refractivity contribution in [2.75, 3.05) is 13.2 Å². The maximum Gasteiger partial charge on any atom is 0.357 e. The van der Waals surface area contributed by atoms with Gasteiger partial charge in [0, 0.05) is 10.0 Å². The van der Waals surface area contributed by atoms with Crippen LogP contribution in [0.25, 0.3) is 0 Å². The van der Waals surface area contributed by atoms with E-state index in [9.17, 15) is 9.36 Å². The fraction of sp³-hybridized carbons (Fsp3) is 0.417. The molecule has 19 heavy (non-hydrogen) atoms. The SMILES string of the molecule is CCOP(=O)(OCC)C1NC(=O)c2cc(Br)ccc21. The predicted octanol–water partition coefficient (Wildman–Crippen LogP) is 3.46. The molecule has 1 N–H and O–H groups in total. The molecule has 2 rings (SSSR count). The first-order valence-electron chi connectivity index (χ1n) is 6.01. The highest BCUT2D eigenvalue weighted by molar-refractivity contribution is 9.10. The molecule has 1 unspecified atom stereocenters. The minimum atomic E-state index is -3.40. The lowest BCUT2D eigenvalue weighted by molar-refractivity contribution is 0.0956. The van der Waals surface area contributed by atoms with Gasteiger partial charge >= 0.3 is 7.60 Å². The predicted molar refractivity (Wildman–Crippen MR) is 75.2 cm³/mol. The van der Waals surface area contributed by atoms with Crippen LogP contribution in [0.1, 0.15) is 35.6 Å². The highest BCUT2D eigenvalue weighted by atomic mass is 79.9. The van der Waals surface area contributed by atoms with Gasteiger partial charge in [0.2, 0.25) is 0 Å². The van der Waals surface area contributed by atoms with Crippen LogP contribution in [0.5, 0.6) is 0 Å². The minimum Gasteiger partial charge on any atom is -0.334 e. The Morgan fingerprint density at radius 2 is 1.95 bits per heavy atom. The van der Waals surface area contributed by atoms with Crippen LogP contribution in [0.2, 0.25) is 0 Å². The summed E-state index contributed by atoms with van der Waals surface area (Å²) >= 11 is 3.31. The Hall–Kier alpha value is -0.680. The molecule has 1 aliphatic heterocycles. The molecule has 1 aromatic carbocycles. The number of carbonyl (C=O) groups is 1. The van der Waals surface area contributed by atoms with Crippen LogP contribution in [-0.2, 0) is 13.6 Å². The van der Waals surface area contributed by atoms with Crippen molar-refractivity contribution in [2.24, 2.45) is 0 Å². The summed E-state index contributed by atoms with van der Waals surface area (Å²) in [5.41, 5.74) is 1.15. The van der Waals surface area contributed by atoms with E-state index in [4.69, 9.17) is 9.05 Å². The largest absolute Gasteiger partial charge is 0.357 e. The lowest BCUT2D eigenvalue weighted by Crippen LogP contribution is -2.21. The lowest BCUT2D eigenvalue weighted by atomic mass is 10.1. The van der Waals surface area contributed by atoms with Gasteiger partial charge in [-0.15, -0.1) is 0 Å². The summed E-state index contributed by atoms with van der Waals surface area (Å²) in [5.74, 6) is -0.996. The van der Waals surface area contributed by atoms with E-state index in [0.717, 1.165) is 4.47 Å². The van der Waals surface area contributed by atoms with E-state index in [-0.39, 0.29) is 19.1 Å². The number of carbonyl (C=O) groups excluding carboxylic acids is 1. The van der Waals surface area contributed by atoms with Gasteiger partial charge in [0.05, 0.1) is 13.2 Å². The monoisotopic (exact) mass is 347 g/mol. The van der Waals surface area contributed by atoms with Crippen molar-refractivity contribution in [2.45, 2.75) is 19.6 Å². The Bertz CT molecular complexity index is 539. The molecule has 5 nitrogen and oxygen atoms in total. The van der Waals surface area contributed by atoms with Crippen molar-refractivity contribution in [3.05, 3.63) is 33.8 Å². The van der Waals surface area contributed by atoms with Gasteiger partial charge in [-0.2, -0.15) is 0 Å². The molecular formula is C12H15BrNO4P. The number of fused-ring (bicyclic) bond motifs is 1. The van der Waals surface area contributed by atoms with Gasteiger partial charge in [-0.3, -0.25) is 9.36 Å². The van der Waals surface area contributed by atoms with Crippen molar-refractivity contribution < 1.29 is 18.4 Å². The number of benzene rings is 1. The standard InChI is InChI=1S/C12H15BrNO4P/c1-3-17-19(16,18-4-2)12-9-6-5-8(13)7-10(9)11(15)14-12/h5-7,12H,3-4H2,1-2H3,(H,14,15). The smallest absolute Gasteiger partial charge is 0.334 e. The summed E-state index contributed by atoms with van der Waals surface area (Å²) in [7, 11) is -3.40. The van der Waals surface area contributed by atoms with Gasteiger partial charge in [-0.05, 0) is 31.5 Å². The molecule has 104 valence electrons. The van der Waals surface area contributed by atoms with E-state index in [1.165, 1.54) is 0 Å². The quantitative estimate of drug-likeness (QED) is 0.828. The van der Waals surface area contributed by atoms with Crippen molar-refractivity contribution in [1.82, 2.24) is 5.32 Å². The van der Waals surface area contributed by atoms with Crippen LogP contribution in [0.4, 0.5) is 0 Å². The van der Waals surface area contributed by atoms with Crippen LogP contribution in [0, 0.1) is 0 Å². The van der Waals surface area contributed by atoms with E-state index in [2.05, 4.69) is 21.2 Å². The highest BCUT2D eigenvalue weighted by Gasteiger charge is 2.44. The summed E-state index contributed by atoms with van der Waals surface area (Å²) in [6.07, 6.45) is 0. The average molecular weight is 348 g/mol. The number of halogens is 1. The molecule has 0 fully saturated rings. The zero-order valence-electron chi connectivity index (χ0n) is 10.7. The Labute approximate surface area is 120 Å². The third-order valence-electron chi connectivity index (χ3n) is 2.76. The Kier molecular flexibility index (Phi) is 4.46. The summed E-state index contributed by atoms with van der Waals surface area (Å²) in [5, 5.41) is 2.68. The molecule has 1 heterocycles. The molecule has 1 amide bonds. The van der Waals surface area contributed by atoms with E-state index in [0.29, 0.717) is 11.1 Å². The molecule has 0 aliphatic carbocycles. The summed E-state index contributed by atoms with van der Waals surface area (Å²) in [6, 6.07) is 5.26. The van der Waals surface area contributed by atoms with Crippen LogP contribution < -0.4 is 5.32 Å². The van der Waals surface area contributed by atoms with E-state index < -0.39 is 13.4 Å². The van der Waals surface area contributed by atoms with Crippen molar-refractivity contribution >= 4 is 29.4 Å². The van der Waals surface area contributed by atoms with Gasteiger partial charge in [0.15, 0.2) is 5.78 Å². The summed E-state index contributed by atoms with van der Waals surface area (Å²) < 4.78 is 24.1. The molecule has 1 aliphatic rings. The number of nitrogens with one attached hydrogen (secondary N) is 1. The van der Waals surface area contributed by atoms with Gasteiger partial charge in [-0.1, -0.05) is 22.0 Å². The highest BCUT2D eigenvalue weighted by Crippen LogP contribution is 2.61. The molecule has 0 saturated carbocycles.